The average Bonchev–Trinajstić information content (AvgIpc) is 2.02. The summed E-state index contributed by atoms with van der Waals surface area (Å²) in [5.74, 6) is -3.18. The number of hydrogen-bond donors (Lipinski definition) is 3. The van der Waals surface area contributed by atoms with E-state index in [4.69, 9.17) is 10.2 Å². The van der Waals surface area contributed by atoms with E-state index in [1.165, 1.54) is 6.92 Å². The molecule has 0 fully saturated rings. The lowest BCUT2D eigenvalue weighted by Gasteiger charge is -2.11. The number of aliphatic carboxylic acids is 2. The van der Waals surface area contributed by atoms with E-state index >= 15 is 0 Å². The zero-order valence-electron chi connectivity index (χ0n) is 7.43. The molecule has 0 unspecified atom stereocenters. The lowest BCUT2D eigenvalue weighted by molar-refractivity contribution is -0.145. The van der Waals surface area contributed by atoms with Gasteiger partial charge in [-0.1, -0.05) is 0 Å². The van der Waals surface area contributed by atoms with Crippen LogP contribution in [-0.2, 0) is 19.6 Å². The summed E-state index contributed by atoms with van der Waals surface area (Å²) in [4.78, 5) is 20.6. The summed E-state index contributed by atoms with van der Waals surface area (Å²) in [6, 6.07) is -1.61. The van der Waals surface area contributed by atoms with Crippen LogP contribution in [0.4, 0.5) is 0 Å². The molecule has 0 radical (unpaired) electrons. The number of carboxylic acids is 2. The first-order chi connectivity index (χ1) is 6.28. The van der Waals surface area contributed by atoms with Gasteiger partial charge in [0.15, 0.2) is 0 Å². The van der Waals surface area contributed by atoms with E-state index in [2.05, 4.69) is 0 Å². The maximum Gasteiger partial charge on any atom is 0.322 e. The zero-order chi connectivity index (χ0) is 11.4. The fourth-order valence-electron chi connectivity index (χ4n) is 0.654. The third-order valence-corrected chi connectivity index (χ3v) is 2.78. The molecule has 0 spiro atoms. The maximum atomic E-state index is 10.9. The lowest BCUT2D eigenvalue weighted by atomic mass is 10.2. The van der Waals surface area contributed by atoms with Gasteiger partial charge in [-0.3, -0.25) is 9.59 Å². The number of rotatable bonds is 6. The molecule has 0 aromatic rings. The predicted octanol–water partition coefficient (Wildman–Crippen LogP) is -1.15. The Labute approximate surface area is 80.8 Å². The second-order valence-corrected chi connectivity index (χ2v) is 4.55. The van der Waals surface area contributed by atoms with Gasteiger partial charge in [-0.15, -0.1) is 0 Å². The molecule has 8 heteroatoms. The average molecular weight is 225 g/mol. The molecule has 7 nitrogen and oxygen atoms in total. The number of carbonyl (C=O) groups is 2. The first-order valence-corrected chi connectivity index (χ1v) is 5.38. The van der Waals surface area contributed by atoms with E-state index in [1.807, 2.05) is 0 Å². The molecule has 14 heavy (non-hydrogen) atoms. The summed E-state index contributed by atoms with van der Waals surface area (Å²) in [5, 5.41) is 16.8. The van der Waals surface area contributed by atoms with Gasteiger partial charge in [0.05, 0.1) is 12.2 Å². The Morgan fingerprint density at radius 2 is 1.86 bits per heavy atom. The highest BCUT2D eigenvalue weighted by Gasteiger charge is 2.25. The molecule has 0 bridgehead atoms. The summed E-state index contributed by atoms with van der Waals surface area (Å²) in [6.07, 6.45) is -0.783. The van der Waals surface area contributed by atoms with Gasteiger partial charge < -0.3 is 10.2 Å². The van der Waals surface area contributed by atoms with Crippen LogP contribution in [0, 0.1) is 0 Å². The van der Waals surface area contributed by atoms with E-state index in [9.17, 15) is 18.0 Å². The summed E-state index contributed by atoms with van der Waals surface area (Å²) >= 11 is 0. The van der Waals surface area contributed by atoms with Crippen LogP contribution in [0.5, 0.6) is 0 Å². The lowest BCUT2D eigenvalue weighted by Crippen LogP contribution is -2.42. The van der Waals surface area contributed by atoms with Crippen LogP contribution in [0.1, 0.15) is 13.3 Å². The van der Waals surface area contributed by atoms with Gasteiger partial charge in [-0.25, -0.2) is 13.1 Å². The van der Waals surface area contributed by atoms with Crippen LogP contribution in [0.25, 0.3) is 0 Å². The molecular weight excluding hydrogens is 214 g/mol. The highest BCUT2D eigenvalue weighted by molar-refractivity contribution is 7.89. The standard InChI is InChI=1S/C6H11NO6S/c1-2-14(12,13)7-4(6(10)11)3-5(8)9/h4,7H,2-3H2,1H3,(H,8,9)(H,10,11)/t4-/m1/s1. The van der Waals surface area contributed by atoms with Crippen LogP contribution in [0.3, 0.4) is 0 Å². The van der Waals surface area contributed by atoms with Crippen LogP contribution < -0.4 is 4.72 Å². The highest BCUT2D eigenvalue weighted by Crippen LogP contribution is 1.96. The minimum absolute atomic E-state index is 0.295. The summed E-state index contributed by atoms with van der Waals surface area (Å²) < 4.78 is 23.6. The fourth-order valence-corrected chi connectivity index (χ4v) is 1.44. The molecular formula is C6H11NO6S. The number of hydrogen-bond acceptors (Lipinski definition) is 4. The normalized spacial score (nSPS) is 13.5. The second kappa shape index (κ2) is 4.91. The van der Waals surface area contributed by atoms with E-state index in [-0.39, 0.29) is 5.75 Å². The van der Waals surface area contributed by atoms with E-state index in [0.717, 1.165) is 0 Å². The third kappa shape index (κ3) is 4.77. The maximum absolute atomic E-state index is 10.9. The smallest absolute Gasteiger partial charge is 0.322 e. The van der Waals surface area contributed by atoms with Crippen molar-refractivity contribution in [1.82, 2.24) is 4.72 Å². The number of carboxylic acid groups (broad SMARTS) is 2. The van der Waals surface area contributed by atoms with E-state index in [0.29, 0.717) is 0 Å². The van der Waals surface area contributed by atoms with Gasteiger partial charge >= 0.3 is 11.9 Å². The van der Waals surface area contributed by atoms with Crippen molar-refractivity contribution >= 4 is 22.0 Å². The van der Waals surface area contributed by atoms with E-state index < -0.39 is 34.4 Å². The Morgan fingerprint density at radius 1 is 1.36 bits per heavy atom. The molecule has 0 aromatic carbocycles. The van der Waals surface area contributed by atoms with Gasteiger partial charge in [0.25, 0.3) is 0 Å². The number of sulfonamides is 1. The minimum Gasteiger partial charge on any atom is -0.481 e. The minimum atomic E-state index is -3.70. The van der Waals surface area contributed by atoms with Gasteiger partial charge in [0.1, 0.15) is 6.04 Å². The molecule has 0 aromatic heterocycles. The van der Waals surface area contributed by atoms with Crippen molar-refractivity contribution in [2.45, 2.75) is 19.4 Å². The molecule has 1 atom stereocenters. The Morgan fingerprint density at radius 3 is 2.14 bits per heavy atom. The first kappa shape index (κ1) is 12.8. The first-order valence-electron chi connectivity index (χ1n) is 3.73. The Balaban J connectivity index is 4.54. The van der Waals surface area contributed by atoms with Crippen LogP contribution >= 0.6 is 0 Å². The molecule has 0 rings (SSSR count). The van der Waals surface area contributed by atoms with Crippen molar-refractivity contribution in [2.75, 3.05) is 5.75 Å². The quantitative estimate of drug-likeness (QED) is 0.525. The second-order valence-electron chi connectivity index (χ2n) is 2.51. The molecule has 0 heterocycles. The van der Waals surface area contributed by atoms with E-state index in [1.54, 1.807) is 4.72 Å². The van der Waals surface area contributed by atoms with Crippen molar-refractivity contribution < 1.29 is 28.2 Å². The number of nitrogens with one attached hydrogen (secondary N) is 1. The molecule has 0 amide bonds. The summed E-state index contributed by atoms with van der Waals surface area (Å²) in [6.45, 7) is 1.32. The Bertz CT molecular complexity index is 321. The summed E-state index contributed by atoms with van der Waals surface area (Å²) in [5.41, 5.74) is 0. The van der Waals surface area contributed by atoms with Gasteiger partial charge in [-0.05, 0) is 6.92 Å². The van der Waals surface area contributed by atoms with Gasteiger partial charge in [-0.2, -0.15) is 0 Å². The molecule has 0 saturated heterocycles. The fraction of sp³-hybridized carbons (Fsp3) is 0.667. The van der Waals surface area contributed by atoms with Crippen molar-refractivity contribution in [3.05, 3.63) is 0 Å². The van der Waals surface area contributed by atoms with Crippen molar-refractivity contribution in [1.29, 1.82) is 0 Å². The molecule has 82 valence electrons. The van der Waals surface area contributed by atoms with Crippen LogP contribution in [-0.4, -0.2) is 42.4 Å². The zero-order valence-corrected chi connectivity index (χ0v) is 8.24. The molecule has 0 saturated carbocycles. The topological polar surface area (TPSA) is 121 Å². The third-order valence-electron chi connectivity index (χ3n) is 1.38. The van der Waals surface area contributed by atoms with Gasteiger partial charge in [0.2, 0.25) is 10.0 Å². The predicted molar refractivity (Wildman–Crippen MR) is 46.3 cm³/mol. The molecule has 3 N–H and O–H groups in total. The van der Waals surface area contributed by atoms with Crippen LogP contribution in [0.15, 0.2) is 0 Å². The van der Waals surface area contributed by atoms with Gasteiger partial charge in [0, 0.05) is 0 Å². The SMILES string of the molecule is CCS(=O)(=O)N[C@H](CC(=O)O)C(=O)O. The van der Waals surface area contributed by atoms with Crippen molar-refractivity contribution in [3.8, 4) is 0 Å². The van der Waals surface area contributed by atoms with Crippen molar-refractivity contribution in [3.63, 3.8) is 0 Å². The molecule has 0 aliphatic carbocycles. The largest absolute Gasteiger partial charge is 0.481 e. The monoisotopic (exact) mass is 225 g/mol. The highest BCUT2D eigenvalue weighted by atomic mass is 32.2. The van der Waals surface area contributed by atoms with Crippen LogP contribution in [0.2, 0.25) is 0 Å². The Kier molecular flexibility index (Phi) is 4.51. The van der Waals surface area contributed by atoms with Crippen molar-refractivity contribution in [2.24, 2.45) is 0 Å². The molecule has 0 aliphatic rings. The Hall–Kier alpha value is -1.15. The molecule has 0 aliphatic heterocycles. The summed E-state index contributed by atoms with van der Waals surface area (Å²) in [7, 11) is -3.70.